The van der Waals surface area contributed by atoms with Crippen molar-refractivity contribution < 1.29 is 52.1 Å². The molecule has 11 nitrogen and oxygen atoms in total. The molecule has 0 aliphatic carbocycles. The van der Waals surface area contributed by atoms with Gasteiger partial charge in [-0.3, -0.25) is 19.2 Å². The van der Waals surface area contributed by atoms with Crippen LogP contribution in [-0.2, 0) is 47.6 Å². The Balaban J connectivity index is 3.21. The van der Waals surface area contributed by atoms with E-state index in [0.29, 0.717) is 17.6 Å². The van der Waals surface area contributed by atoms with E-state index in [9.17, 15) is 19.2 Å². The number of likely N-dealkylation sites (N-methyl/N-ethyl adjacent to an activating group) is 1. The summed E-state index contributed by atoms with van der Waals surface area (Å²) in [6.07, 6.45) is -0.565. The summed E-state index contributed by atoms with van der Waals surface area (Å²) in [6, 6.07) is 0. The van der Waals surface area contributed by atoms with E-state index in [4.69, 9.17) is 34.8 Å². The lowest BCUT2D eigenvalue weighted by molar-refractivity contribution is -0.883. The molecule has 11 heteroatoms. The summed E-state index contributed by atoms with van der Waals surface area (Å²) in [6.45, 7) is 5.48. The quantitative estimate of drug-likeness (QED) is 0.188. The molecule has 1 saturated heterocycles. The van der Waals surface area contributed by atoms with Crippen LogP contribution in [0.15, 0.2) is 0 Å². The van der Waals surface area contributed by atoms with Gasteiger partial charge in [-0.1, -0.05) is 0 Å². The minimum Gasteiger partial charge on any atom is -0.463 e. The van der Waals surface area contributed by atoms with Gasteiger partial charge >= 0.3 is 23.9 Å². The first-order valence-corrected chi connectivity index (χ1v) is 10.0. The molecular weight excluding hydrogens is 426 g/mol. The number of esters is 4. The number of quaternary nitrogens is 1. The van der Waals surface area contributed by atoms with Crippen LogP contribution in [0.2, 0.25) is 0 Å². The molecule has 0 unspecified atom stereocenters. The van der Waals surface area contributed by atoms with E-state index in [2.05, 4.69) is 5.92 Å². The van der Waals surface area contributed by atoms with Crippen molar-refractivity contribution >= 4 is 23.9 Å². The fraction of sp³-hybridized carbons (Fsp3) is 0.714. The maximum Gasteiger partial charge on any atom is 0.303 e. The molecule has 0 aromatic heterocycles. The predicted octanol–water partition coefficient (Wildman–Crippen LogP) is -0.204. The van der Waals surface area contributed by atoms with Crippen molar-refractivity contribution in [2.24, 2.45) is 0 Å². The lowest BCUT2D eigenvalue weighted by atomic mass is 9.98. The number of carbonyl (C=O) groups is 4. The number of ether oxygens (including phenoxy) is 6. The Morgan fingerprint density at radius 2 is 1.41 bits per heavy atom. The number of hydrogen-bond donors (Lipinski definition) is 0. The predicted molar refractivity (Wildman–Crippen MR) is 109 cm³/mol. The minimum absolute atomic E-state index is 0.155. The van der Waals surface area contributed by atoms with Gasteiger partial charge in [0.1, 0.15) is 25.8 Å². The Labute approximate surface area is 187 Å². The van der Waals surface area contributed by atoms with Gasteiger partial charge in [0, 0.05) is 27.7 Å². The number of carbonyl (C=O) groups excluding carboxylic acids is 4. The summed E-state index contributed by atoms with van der Waals surface area (Å²) in [5.41, 5.74) is 0. The van der Waals surface area contributed by atoms with Crippen LogP contribution in [0, 0.1) is 12.3 Å². The molecule has 1 aliphatic heterocycles. The molecule has 0 N–H and O–H groups in total. The number of rotatable bonds is 10. The summed E-state index contributed by atoms with van der Waals surface area (Å²) in [7, 11) is 3.83. The zero-order valence-electron chi connectivity index (χ0n) is 19.3. The van der Waals surface area contributed by atoms with E-state index in [1.165, 1.54) is 13.8 Å². The minimum atomic E-state index is -1.26. The molecule has 180 valence electrons. The molecule has 0 aromatic carbocycles. The van der Waals surface area contributed by atoms with Gasteiger partial charge in [-0.05, 0) is 5.92 Å². The first-order valence-electron chi connectivity index (χ1n) is 10.0. The maximum absolute atomic E-state index is 11.8. The third-order valence-electron chi connectivity index (χ3n) is 4.45. The third kappa shape index (κ3) is 9.21. The molecule has 1 fully saturated rings. The van der Waals surface area contributed by atoms with Gasteiger partial charge < -0.3 is 32.9 Å². The SMILES string of the molecule is C#CC[N+](C)(C)CCO[C@@H]1O[C@H](COC(C)=O)[C@@H](OC(C)=O)[C@H](OC(C)=O)[C@H]1OC(C)=O. The second-order valence-electron chi connectivity index (χ2n) is 7.96. The fourth-order valence-corrected chi connectivity index (χ4v) is 3.07. The molecule has 1 aliphatic rings. The highest BCUT2D eigenvalue weighted by Crippen LogP contribution is 2.30. The molecule has 0 amide bonds. The van der Waals surface area contributed by atoms with Crippen molar-refractivity contribution in [3.8, 4) is 12.3 Å². The van der Waals surface area contributed by atoms with Crippen LogP contribution in [0.25, 0.3) is 0 Å². The normalized spacial score (nSPS) is 25.2. The van der Waals surface area contributed by atoms with Gasteiger partial charge in [-0.2, -0.15) is 0 Å². The Kier molecular flexibility index (Phi) is 10.6. The highest BCUT2D eigenvalue weighted by atomic mass is 16.7. The Morgan fingerprint density at radius 1 is 0.875 bits per heavy atom. The van der Waals surface area contributed by atoms with Gasteiger partial charge in [0.15, 0.2) is 24.6 Å². The molecule has 32 heavy (non-hydrogen) atoms. The van der Waals surface area contributed by atoms with Crippen molar-refractivity contribution in [2.75, 3.05) is 40.4 Å². The number of terminal acetylenes is 1. The van der Waals surface area contributed by atoms with E-state index in [0.717, 1.165) is 13.8 Å². The smallest absolute Gasteiger partial charge is 0.303 e. The highest BCUT2D eigenvalue weighted by molar-refractivity contribution is 5.68. The van der Waals surface area contributed by atoms with Crippen LogP contribution >= 0.6 is 0 Å². The van der Waals surface area contributed by atoms with E-state index in [1.54, 1.807) is 0 Å². The molecule has 1 rings (SSSR count). The van der Waals surface area contributed by atoms with Crippen LogP contribution in [0.1, 0.15) is 27.7 Å². The van der Waals surface area contributed by atoms with Crippen LogP contribution < -0.4 is 0 Å². The average Bonchev–Trinajstić information content (AvgIpc) is 2.63. The summed E-state index contributed by atoms with van der Waals surface area (Å²) in [4.78, 5) is 46.6. The summed E-state index contributed by atoms with van der Waals surface area (Å²) in [5, 5.41) is 0. The molecule has 5 atom stereocenters. The highest BCUT2D eigenvalue weighted by Gasteiger charge is 2.52. The van der Waals surface area contributed by atoms with E-state index >= 15 is 0 Å². The van der Waals surface area contributed by atoms with Gasteiger partial charge in [0.2, 0.25) is 0 Å². The number of nitrogens with zero attached hydrogens (tertiary/aromatic N) is 1. The van der Waals surface area contributed by atoms with Crippen molar-refractivity contribution in [3.05, 3.63) is 0 Å². The molecule has 0 saturated carbocycles. The van der Waals surface area contributed by atoms with Crippen molar-refractivity contribution in [1.82, 2.24) is 0 Å². The second kappa shape index (κ2) is 12.4. The van der Waals surface area contributed by atoms with Crippen LogP contribution in [0.4, 0.5) is 0 Å². The van der Waals surface area contributed by atoms with Crippen LogP contribution in [0.5, 0.6) is 0 Å². The van der Waals surface area contributed by atoms with Crippen molar-refractivity contribution in [1.29, 1.82) is 0 Å². The van der Waals surface area contributed by atoms with E-state index in [1.807, 2.05) is 14.1 Å². The van der Waals surface area contributed by atoms with Crippen molar-refractivity contribution in [3.63, 3.8) is 0 Å². The molecule has 0 bridgehead atoms. The van der Waals surface area contributed by atoms with E-state index in [-0.39, 0.29) is 13.2 Å². The van der Waals surface area contributed by atoms with Crippen LogP contribution in [-0.4, -0.2) is 99.5 Å². The van der Waals surface area contributed by atoms with Gasteiger partial charge in [0.05, 0.1) is 20.7 Å². The van der Waals surface area contributed by atoms with Crippen LogP contribution in [0.3, 0.4) is 0 Å². The topological polar surface area (TPSA) is 124 Å². The molecular formula is C21H32NO10+. The summed E-state index contributed by atoms with van der Waals surface area (Å²) < 4.78 is 33.1. The lowest BCUT2D eigenvalue weighted by Crippen LogP contribution is -2.63. The zero-order valence-corrected chi connectivity index (χ0v) is 19.3. The fourth-order valence-electron chi connectivity index (χ4n) is 3.07. The molecule has 0 aromatic rings. The van der Waals surface area contributed by atoms with E-state index < -0.39 is 54.6 Å². The first-order chi connectivity index (χ1) is 14.9. The first kappa shape index (κ1) is 27.4. The summed E-state index contributed by atoms with van der Waals surface area (Å²) in [5.74, 6) is -0.0999. The number of hydrogen-bond acceptors (Lipinski definition) is 10. The molecule has 0 radical (unpaired) electrons. The molecule has 0 spiro atoms. The Morgan fingerprint density at radius 3 is 1.91 bits per heavy atom. The summed E-state index contributed by atoms with van der Waals surface area (Å²) >= 11 is 0. The Hall–Kier alpha value is -2.68. The molecule has 1 heterocycles. The van der Waals surface area contributed by atoms with Gasteiger partial charge in [0.25, 0.3) is 0 Å². The standard InChI is InChI=1S/C21H32NO10/c1-8-9-22(6,7)10-11-27-21-20(31-16(5)26)19(30-15(4)25)18(29-14(3)24)17(32-21)12-28-13(2)23/h1,17-21H,9-12H2,2-7H3/q+1/t17-,18-,19+,20-,21-/m1/s1. The average molecular weight is 458 g/mol. The second-order valence-corrected chi connectivity index (χ2v) is 7.96. The van der Waals surface area contributed by atoms with Crippen molar-refractivity contribution in [2.45, 2.75) is 58.4 Å². The Bertz CT molecular complexity index is 729. The zero-order chi connectivity index (χ0) is 24.5. The largest absolute Gasteiger partial charge is 0.463 e. The monoisotopic (exact) mass is 458 g/mol. The van der Waals surface area contributed by atoms with Gasteiger partial charge in [-0.25, -0.2) is 0 Å². The maximum atomic E-state index is 11.8. The third-order valence-corrected chi connectivity index (χ3v) is 4.45. The van der Waals surface area contributed by atoms with Gasteiger partial charge in [-0.15, -0.1) is 6.42 Å². The lowest BCUT2D eigenvalue weighted by Gasteiger charge is -2.44.